The molecular formula is C12H9FN4O5. The van der Waals surface area contributed by atoms with E-state index in [1.165, 1.54) is 24.5 Å². The Morgan fingerprint density at radius 3 is 2.73 bits per heavy atom. The summed E-state index contributed by atoms with van der Waals surface area (Å²) in [6.45, 7) is 0. The molecule has 0 aliphatic heterocycles. The number of hydrogen-bond donors (Lipinski definition) is 3. The fourth-order valence-electron chi connectivity index (χ4n) is 1.61. The highest BCUT2D eigenvalue weighted by Gasteiger charge is 2.24. The van der Waals surface area contributed by atoms with Gasteiger partial charge in [-0.05, 0) is 12.1 Å². The van der Waals surface area contributed by atoms with E-state index in [-0.39, 0.29) is 5.56 Å². The summed E-state index contributed by atoms with van der Waals surface area (Å²) in [5, 5.41) is 11.1. The molecule has 0 radical (unpaired) electrons. The van der Waals surface area contributed by atoms with E-state index in [9.17, 15) is 23.6 Å². The molecule has 2 aromatic heterocycles. The van der Waals surface area contributed by atoms with Crippen LogP contribution in [0.4, 0.5) is 4.39 Å². The van der Waals surface area contributed by atoms with Crippen LogP contribution in [0.25, 0.3) is 0 Å². The SMILES string of the molecule is O=C(NC(C(=O)O)n1cc(F)c(=O)[nH]c1=O)c1cccnc1. The number of carboxylic acid groups (broad SMARTS) is 1. The molecule has 0 bridgehead atoms. The minimum atomic E-state index is -1.90. The Morgan fingerprint density at radius 2 is 2.14 bits per heavy atom. The second kappa shape index (κ2) is 5.99. The van der Waals surface area contributed by atoms with Gasteiger partial charge in [-0.3, -0.25) is 24.1 Å². The van der Waals surface area contributed by atoms with E-state index >= 15 is 0 Å². The molecule has 0 spiro atoms. The van der Waals surface area contributed by atoms with E-state index in [0.717, 1.165) is 0 Å². The van der Waals surface area contributed by atoms with Crippen LogP contribution in [0.5, 0.6) is 0 Å². The maximum Gasteiger partial charge on any atom is 0.347 e. The second-order valence-corrected chi connectivity index (χ2v) is 4.10. The molecule has 2 heterocycles. The Hall–Kier alpha value is -3.30. The third kappa shape index (κ3) is 3.06. The molecule has 22 heavy (non-hydrogen) atoms. The summed E-state index contributed by atoms with van der Waals surface area (Å²) in [7, 11) is 0. The maximum atomic E-state index is 13.2. The van der Waals surface area contributed by atoms with Gasteiger partial charge in [0.25, 0.3) is 11.5 Å². The predicted octanol–water partition coefficient (Wildman–Crippen LogP) is -0.916. The van der Waals surface area contributed by atoms with Crippen molar-refractivity contribution in [3.05, 3.63) is 62.9 Å². The average molecular weight is 308 g/mol. The van der Waals surface area contributed by atoms with Crippen LogP contribution in [0.2, 0.25) is 0 Å². The summed E-state index contributed by atoms with van der Waals surface area (Å²) in [6, 6.07) is 2.83. The van der Waals surface area contributed by atoms with Crippen LogP contribution in [0.1, 0.15) is 16.5 Å². The lowest BCUT2D eigenvalue weighted by Crippen LogP contribution is -2.44. The van der Waals surface area contributed by atoms with Gasteiger partial charge in [0.15, 0.2) is 0 Å². The third-order valence-electron chi connectivity index (χ3n) is 2.63. The van der Waals surface area contributed by atoms with Crippen LogP contribution in [0.3, 0.4) is 0 Å². The van der Waals surface area contributed by atoms with E-state index in [2.05, 4.69) is 4.98 Å². The number of nitrogens with one attached hydrogen (secondary N) is 2. The van der Waals surface area contributed by atoms with Gasteiger partial charge in [-0.1, -0.05) is 0 Å². The largest absolute Gasteiger partial charge is 0.478 e. The first kappa shape index (κ1) is 15.1. The Bertz CT molecular complexity index is 829. The summed E-state index contributed by atoms with van der Waals surface area (Å²) >= 11 is 0. The monoisotopic (exact) mass is 308 g/mol. The zero-order chi connectivity index (χ0) is 16.3. The smallest absolute Gasteiger partial charge is 0.347 e. The van der Waals surface area contributed by atoms with Crippen molar-refractivity contribution >= 4 is 11.9 Å². The number of carboxylic acids is 1. The lowest BCUT2D eigenvalue weighted by atomic mass is 10.2. The lowest BCUT2D eigenvalue weighted by Gasteiger charge is -2.16. The van der Waals surface area contributed by atoms with E-state index in [1.807, 2.05) is 5.32 Å². The van der Waals surface area contributed by atoms with Crippen LogP contribution in [-0.2, 0) is 4.79 Å². The predicted molar refractivity (Wildman–Crippen MR) is 69.7 cm³/mol. The van der Waals surface area contributed by atoms with Crippen molar-refractivity contribution in [2.75, 3.05) is 0 Å². The number of aliphatic carboxylic acids is 1. The summed E-state index contributed by atoms with van der Waals surface area (Å²) < 4.78 is 13.6. The number of rotatable bonds is 4. The van der Waals surface area contributed by atoms with Gasteiger partial charge in [-0.25, -0.2) is 9.59 Å². The van der Waals surface area contributed by atoms with Crippen LogP contribution in [0, 0.1) is 5.82 Å². The fourth-order valence-corrected chi connectivity index (χ4v) is 1.61. The number of hydrogen-bond acceptors (Lipinski definition) is 5. The molecule has 0 aromatic carbocycles. The molecule has 0 aliphatic rings. The molecule has 9 nitrogen and oxygen atoms in total. The van der Waals surface area contributed by atoms with E-state index in [4.69, 9.17) is 5.11 Å². The van der Waals surface area contributed by atoms with Crippen molar-refractivity contribution in [1.29, 1.82) is 0 Å². The van der Waals surface area contributed by atoms with Crippen molar-refractivity contribution < 1.29 is 19.1 Å². The summed E-state index contributed by atoms with van der Waals surface area (Å²) in [4.78, 5) is 50.9. The van der Waals surface area contributed by atoms with Gasteiger partial charge in [0.05, 0.1) is 11.8 Å². The van der Waals surface area contributed by atoms with Gasteiger partial charge in [0.1, 0.15) is 0 Å². The second-order valence-electron chi connectivity index (χ2n) is 4.10. The fraction of sp³-hybridized carbons (Fsp3) is 0.0833. The Balaban J connectivity index is 2.38. The molecule has 0 saturated carbocycles. The molecule has 3 N–H and O–H groups in total. The molecule has 0 fully saturated rings. The summed E-state index contributed by atoms with van der Waals surface area (Å²) in [6.07, 6.45) is 1.10. The third-order valence-corrected chi connectivity index (χ3v) is 2.63. The molecule has 10 heteroatoms. The lowest BCUT2D eigenvalue weighted by molar-refractivity contribution is -0.141. The van der Waals surface area contributed by atoms with Crippen molar-refractivity contribution in [1.82, 2.24) is 19.9 Å². The van der Waals surface area contributed by atoms with Crippen LogP contribution < -0.4 is 16.6 Å². The van der Waals surface area contributed by atoms with Crippen molar-refractivity contribution in [3.8, 4) is 0 Å². The number of halogens is 1. The van der Waals surface area contributed by atoms with Crippen molar-refractivity contribution in [2.45, 2.75) is 6.17 Å². The number of carbonyl (C=O) groups is 2. The molecule has 1 atom stereocenters. The summed E-state index contributed by atoms with van der Waals surface area (Å²) in [5.74, 6) is -3.81. The van der Waals surface area contributed by atoms with Gasteiger partial charge < -0.3 is 10.4 Å². The standard InChI is InChI=1S/C12H9FN4O5/c13-7-5-17(12(22)16-10(7)19)8(11(20)21)15-9(18)6-2-1-3-14-4-6/h1-5,8H,(H,15,18)(H,20,21)(H,16,19,22). The van der Waals surface area contributed by atoms with E-state index in [0.29, 0.717) is 10.8 Å². The number of pyridine rings is 1. The van der Waals surface area contributed by atoms with Crippen LogP contribution in [0.15, 0.2) is 40.3 Å². The number of nitrogens with zero attached hydrogens (tertiary/aromatic N) is 2. The topological polar surface area (TPSA) is 134 Å². The van der Waals surface area contributed by atoms with Crippen molar-refractivity contribution in [3.63, 3.8) is 0 Å². The first-order valence-electron chi connectivity index (χ1n) is 5.85. The quantitative estimate of drug-likeness (QED) is 0.669. The minimum Gasteiger partial charge on any atom is -0.478 e. The van der Waals surface area contributed by atoms with E-state index < -0.39 is 35.1 Å². The Labute approximate surface area is 121 Å². The molecule has 2 aromatic rings. The highest BCUT2D eigenvalue weighted by Crippen LogP contribution is 2.03. The Morgan fingerprint density at radius 1 is 1.41 bits per heavy atom. The zero-order valence-corrected chi connectivity index (χ0v) is 10.8. The molecule has 1 unspecified atom stereocenters. The number of H-pyrrole nitrogens is 1. The number of carbonyl (C=O) groups excluding carboxylic acids is 1. The average Bonchev–Trinajstić information content (AvgIpc) is 2.49. The van der Waals surface area contributed by atoms with Crippen LogP contribution in [-0.4, -0.2) is 31.5 Å². The van der Waals surface area contributed by atoms with Gasteiger partial charge >= 0.3 is 11.7 Å². The molecule has 0 saturated heterocycles. The molecule has 2 rings (SSSR count). The highest BCUT2D eigenvalue weighted by atomic mass is 19.1. The molecule has 114 valence electrons. The van der Waals surface area contributed by atoms with E-state index in [1.54, 1.807) is 4.98 Å². The normalized spacial score (nSPS) is 11.7. The van der Waals surface area contributed by atoms with Crippen molar-refractivity contribution in [2.24, 2.45) is 0 Å². The van der Waals surface area contributed by atoms with Gasteiger partial charge in [0, 0.05) is 12.4 Å². The Kier molecular flexibility index (Phi) is 4.11. The molecule has 1 amide bonds. The maximum absolute atomic E-state index is 13.2. The first-order chi connectivity index (χ1) is 10.4. The van der Waals surface area contributed by atoms with Crippen LogP contribution >= 0.6 is 0 Å². The number of aromatic nitrogens is 3. The highest BCUT2D eigenvalue weighted by molar-refractivity contribution is 5.95. The molecule has 0 aliphatic carbocycles. The number of amides is 1. The minimum absolute atomic E-state index is 0.0479. The molecular weight excluding hydrogens is 299 g/mol. The zero-order valence-electron chi connectivity index (χ0n) is 10.8. The van der Waals surface area contributed by atoms with Gasteiger partial charge in [-0.2, -0.15) is 4.39 Å². The van der Waals surface area contributed by atoms with Gasteiger partial charge in [0.2, 0.25) is 12.0 Å². The van der Waals surface area contributed by atoms with Gasteiger partial charge in [-0.15, -0.1) is 0 Å². The number of aromatic amines is 1. The summed E-state index contributed by atoms with van der Waals surface area (Å²) in [5.41, 5.74) is -2.42. The first-order valence-corrected chi connectivity index (χ1v) is 5.85.